The number of carbonyl (C=O) groups is 2. The quantitative estimate of drug-likeness (QED) is 0.407. The maximum Gasteiger partial charge on any atom is 0.267 e. The smallest absolute Gasteiger partial charge is 0.267 e. The van der Waals surface area contributed by atoms with Gasteiger partial charge in [-0.15, -0.1) is 0 Å². The minimum absolute atomic E-state index is 0.0138. The summed E-state index contributed by atoms with van der Waals surface area (Å²) in [5.41, 5.74) is 5.53. The standard InChI is InChI=1S/C15H15NO4.C11H8FN3O2/c1-16-12-8-11(4-6-15(18)9-19-10-15)2-3-13(12)20-7-5-14(16)17;12-9-2-1-3-10(15-9)17-7-4-5-14-8(6-7)11(13)16/h2-3,8,18H,5,7,9-10H2,1H3;1-6H,(H2,13,16). The monoisotopic (exact) mass is 506 g/mol. The van der Waals surface area contributed by atoms with Crippen LogP contribution in [0.1, 0.15) is 22.5 Å². The molecule has 1 aromatic carbocycles. The van der Waals surface area contributed by atoms with Gasteiger partial charge in [-0.3, -0.25) is 14.6 Å². The van der Waals surface area contributed by atoms with Gasteiger partial charge in [0, 0.05) is 30.9 Å². The van der Waals surface area contributed by atoms with Crippen LogP contribution in [0, 0.1) is 17.8 Å². The van der Waals surface area contributed by atoms with Crippen LogP contribution in [-0.2, 0) is 9.53 Å². The van der Waals surface area contributed by atoms with Crippen LogP contribution in [-0.4, -0.2) is 59.4 Å². The van der Waals surface area contributed by atoms with E-state index in [9.17, 15) is 19.1 Å². The van der Waals surface area contributed by atoms with Gasteiger partial charge >= 0.3 is 0 Å². The highest BCUT2D eigenvalue weighted by molar-refractivity contribution is 5.95. The number of anilines is 1. The van der Waals surface area contributed by atoms with Crippen LogP contribution in [0.5, 0.6) is 17.4 Å². The number of nitrogens with two attached hydrogens (primary N) is 1. The van der Waals surface area contributed by atoms with Crippen molar-refractivity contribution in [2.75, 3.05) is 31.8 Å². The summed E-state index contributed by atoms with van der Waals surface area (Å²) >= 11 is 0. The molecule has 1 fully saturated rings. The third-order valence-electron chi connectivity index (χ3n) is 5.28. The van der Waals surface area contributed by atoms with E-state index in [1.54, 1.807) is 24.1 Å². The van der Waals surface area contributed by atoms with Crippen molar-refractivity contribution < 1.29 is 33.3 Å². The van der Waals surface area contributed by atoms with Gasteiger partial charge in [0.05, 0.1) is 31.9 Å². The first-order valence-corrected chi connectivity index (χ1v) is 11.2. The fourth-order valence-electron chi connectivity index (χ4n) is 3.26. The Labute approximate surface area is 211 Å². The number of benzene rings is 1. The van der Waals surface area contributed by atoms with E-state index in [4.69, 9.17) is 19.9 Å². The lowest BCUT2D eigenvalue weighted by Crippen LogP contribution is -2.48. The number of halogens is 1. The predicted molar refractivity (Wildman–Crippen MR) is 130 cm³/mol. The van der Waals surface area contributed by atoms with Gasteiger partial charge in [-0.05, 0) is 30.3 Å². The van der Waals surface area contributed by atoms with Crippen molar-refractivity contribution in [1.29, 1.82) is 0 Å². The van der Waals surface area contributed by atoms with Gasteiger partial charge < -0.3 is 30.0 Å². The van der Waals surface area contributed by atoms with Crippen molar-refractivity contribution in [2.45, 2.75) is 12.0 Å². The molecule has 0 unspecified atom stereocenters. The molecule has 11 heteroatoms. The summed E-state index contributed by atoms with van der Waals surface area (Å²) in [5, 5.41) is 9.86. The van der Waals surface area contributed by atoms with Gasteiger partial charge in [-0.2, -0.15) is 9.37 Å². The van der Waals surface area contributed by atoms with Gasteiger partial charge in [0.2, 0.25) is 17.7 Å². The molecule has 2 aliphatic heterocycles. The van der Waals surface area contributed by atoms with E-state index in [0.29, 0.717) is 30.2 Å². The molecule has 37 heavy (non-hydrogen) atoms. The molecule has 0 saturated carbocycles. The summed E-state index contributed by atoms with van der Waals surface area (Å²) in [6.45, 7) is 0.872. The van der Waals surface area contributed by atoms with Crippen molar-refractivity contribution in [3.8, 4) is 29.2 Å². The summed E-state index contributed by atoms with van der Waals surface area (Å²) in [6.07, 6.45) is 1.73. The predicted octanol–water partition coefficient (Wildman–Crippen LogP) is 2.05. The molecular formula is C26H23FN4O6. The van der Waals surface area contributed by atoms with Crippen LogP contribution < -0.4 is 20.1 Å². The minimum atomic E-state index is -1.04. The van der Waals surface area contributed by atoms with Crippen LogP contribution in [0.4, 0.5) is 10.1 Å². The first kappa shape index (κ1) is 25.6. The molecular weight excluding hydrogens is 483 g/mol. The number of fused-ring (bicyclic) bond motifs is 1. The molecule has 0 atom stereocenters. The molecule has 3 aromatic rings. The lowest BCUT2D eigenvalue weighted by atomic mass is 10.0. The molecule has 1 saturated heterocycles. The number of carbonyl (C=O) groups excluding carboxylic acids is 2. The normalized spacial score (nSPS) is 15.3. The molecule has 4 heterocycles. The number of ether oxygens (including phenoxy) is 3. The van der Waals surface area contributed by atoms with Gasteiger partial charge in [-0.25, -0.2) is 0 Å². The number of aromatic nitrogens is 2. The van der Waals surface area contributed by atoms with Crippen molar-refractivity contribution in [2.24, 2.45) is 5.73 Å². The Morgan fingerprint density at radius 2 is 2.05 bits per heavy atom. The molecule has 0 radical (unpaired) electrons. The average Bonchev–Trinajstić information content (AvgIpc) is 3.00. The molecule has 2 aliphatic rings. The van der Waals surface area contributed by atoms with E-state index in [2.05, 4.69) is 21.8 Å². The average molecular weight is 506 g/mol. The summed E-state index contributed by atoms with van der Waals surface area (Å²) in [4.78, 5) is 31.5. The SMILES string of the molecule is CN1C(=O)CCOc2ccc(C#CC3(O)COC3)cc21.NC(=O)c1cc(Oc2cccc(F)n2)ccn1. The Hall–Kier alpha value is -4.53. The Kier molecular flexibility index (Phi) is 7.62. The maximum atomic E-state index is 12.8. The second-order valence-corrected chi connectivity index (χ2v) is 8.15. The first-order chi connectivity index (χ1) is 17.7. The number of hydrogen-bond acceptors (Lipinski definition) is 8. The lowest BCUT2D eigenvalue weighted by molar-refractivity contribution is -0.140. The summed E-state index contributed by atoms with van der Waals surface area (Å²) < 4.78 is 28.5. The van der Waals surface area contributed by atoms with E-state index in [-0.39, 0.29) is 30.7 Å². The highest BCUT2D eigenvalue weighted by Gasteiger charge is 2.33. The van der Waals surface area contributed by atoms with Gasteiger partial charge in [-0.1, -0.05) is 17.9 Å². The fraction of sp³-hybridized carbons (Fsp3) is 0.231. The minimum Gasteiger partial charge on any atom is -0.491 e. The van der Waals surface area contributed by atoms with Crippen LogP contribution in [0.3, 0.4) is 0 Å². The van der Waals surface area contributed by atoms with E-state index in [1.807, 2.05) is 6.07 Å². The fourth-order valence-corrected chi connectivity index (χ4v) is 3.26. The largest absolute Gasteiger partial charge is 0.491 e. The van der Waals surface area contributed by atoms with Crippen LogP contribution in [0.25, 0.3) is 0 Å². The Morgan fingerprint density at radius 1 is 1.24 bits per heavy atom. The molecule has 5 rings (SSSR count). The van der Waals surface area contributed by atoms with Crippen molar-refractivity contribution in [1.82, 2.24) is 9.97 Å². The number of amides is 2. The third-order valence-corrected chi connectivity index (χ3v) is 5.28. The molecule has 3 N–H and O–H groups in total. The summed E-state index contributed by atoms with van der Waals surface area (Å²) in [7, 11) is 1.72. The Balaban J connectivity index is 0.000000176. The summed E-state index contributed by atoms with van der Waals surface area (Å²) in [6, 6.07) is 12.5. The highest BCUT2D eigenvalue weighted by atomic mass is 19.1. The number of hydrogen-bond donors (Lipinski definition) is 2. The second kappa shape index (κ2) is 11.0. The molecule has 2 amide bonds. The van der Waals surface area contributed by atoms with E-state index in [1.165, 1.54) is 36.5 Å². The maximum absolute atomic E-state index is 12.8. The number of rotatable bonds is 3. The highest BCUT2D eigenvalue weighted by Crippen LogP contribution is 2.31. The van der Waals surface area contributed by atoms with Crippen LogP contribution >= 0.6 is 0 Å². The van der Waals surface area contributed by atoms with E-state index in [0.717, 1.165) is 5.56 Å². The third kappa shape index (κ3) is 6.58. The first-order valence-electron chi connectivity index (χ1n) is 11.2. The van der Waals surface area contributed by atoms with Gasteiger partial charge in [0.25, 0.3) is 5.91 Å². The van der Waals surface area contributed by atoms with Crippen molar-refractivity contribution in [3.63, 3.8) is 0 Å². The van der Waals surface area contributed by atoms with Crippen LogP contribution in [0.15, 0.2) is 54.7 Å². The van der Waals surface area contributed by atoms with E-state index >= 15 is 0 Å². The number of aliphatic hydroxyl groups is 1. The topological polar surface area (TPSA) is 137 Å². The summed E-state index contributed by atoms with van der Waals surface area (Å²) in [5.74, 6) is 5.50. The lowest BCUT2D eigenvalue weighted by Gasteiger charge is -2.30. The zero-order valence-electron chi connectivity index (χ0n) is 19.8. The zero-order valence-corrected chi connectivity index (χ0v) is 19.8. The molecule has 2 aromatic heterocycles. The molecule has 0 spiro atoms. The number of primary amides is 1. The Bertz CT molecular complexity index is 1380. The molecule has 0 bridgehead atoms. The van der Waals surface area contributed by atoms with Gasteiger partial charge in [0.1, 0.15) is 17.2 Å². The molecule has 10 nitrogen and oxygen atoms in total. The zero-order chi connectivity index (χ0) is 26.4. The second-order valence-electron chi connectivity index (χ2n) is 8.15. The molecule has 190 valence electrons. The Morgan fingerprint density at radius 3 is 2.76 bits per heavy atom. The van der Waals surface area contributed by atoms with Crippen LogP contribution in [0.2, 0.25) is 0 Å². The van der Waals surface area contributed by atoms with E-state index < -0.39 is 17.5 Å². The molecule has 0 aliphatic carbocycles. The van der Waals surface area contributed by atoms with Crippen molar-refractivity contribution in [3.05, 3.63) is 71.9 Å². The van der Waals surface area contributed by atoms with Crippen molar-refractivity contribution >= 4 is 17.5 Å². The van der Waals surface area contributed by atoms with Gasteiger partial charge in [0.15, 0.2) is 5.60 Å². The number of nitrogens with zero attached hydrogens (tertiary/aromatic N) is 3. The number of pyridine rings is 2.